The molecule has 0 spiro atoms. The van der Waals surface area contributed by atoms with Gasteiger partial charge in [0.15, 0.2) is 17.3 Å². The number of amides is 2. The average Bonchev–Trinajstić information content (AvgIpc) is 3.40. The molecule has 4 rings (SSSR count). The number of alkyl carbamates (subject to hydrolysis) is 1. The molecule has 1 aliphatic heterocycles. The fourth-order valence-corrected chi connectivity index (χ4v) is 4.06. The fraction of sp³-hybridized carbons (Fsp3) is 0.545. The molecule has 1 fully saturated rings. The van der Waals surface area contributed by atoms with Crippen LogP contribution in [0.5, 0.6) is 0 Å². The van der Waals surface area contributed by atoms with E-state index in [0.717, 1.165) is 0 Å². The number of nitrogens with one attached hydrogen (secondary N) is 1. The van der Waals surface area contributed by atoms with Crippen LogP contribution < -0.4 is 11.1 Å². The van der Waals surface area contributed by atoms with E-state index in [-0.39, 0.29) is 11.7 Å². The van der Waals surface area contributed by atoms with E-state index < -0.39 is 11.7 Å². The summed E-state index contributed by atoms with van der Waals surface area (Å²) in [6.45, 7) is 11.7. The second-order valence-electron chi connectivity index (χ2n) is 9.30. The summed E-state index contributed by atoms with van der Waals surface area (Å²) in [6, 6.07) is 0. The molecule has 0 aromatic carbocycles. The van der Waals surface area contributed by atoms with Crippen molar-refractivity contribution in [3.8, 4) is 11.5 Å². The number of hydrogen-bond acceptors (Lipinski definition) is 10. The van der Waals surface area contributed by atoms with Gasteiger partial charge in [0.05, 0.1) is 17.3 Å². The van der Waals surface area contributed by atoms with Gasteiger partial charge in [0.2, 0.25) is 0 Å². The smallest absolute Gasteiger partial charge is 0.407 e. The molecule has 13 nitrogen and oxygen atoms in total. The van der Waals surface area contributed by atoms with Gasteiger partial charge in [-0.15, -0.1) is 0 Å². The van der Waals surface area contributed by atoms with Crippen LogP contribution in [-0.4, -0.2) is 91.5 Å². The third kappa shape index (κ3) is 5.34. The van der Waals surface area contributed by atoms with E-state index in [9.17, 15) is 9.59 Å². The molecule has 0 bridgehead atoms. The molecule has 3 aromatic rings. The maximum Gasteiger partial charge on any atom is 0.407 e. The first-order chi connectivity index (χ1) is 16.7. The van der Waals surface area contributed by atoms with E-state index in [1.165, 1.54) is 0 Å². The summed E-state index contributed by atoms with van der Waals surface area (Å²) in [5, 5.41) is 10.3. The minimum atomic E-state index is -0.528. The topological polar surface area (TPSA) is 158 Å². The van der Waals surface area contributed by atoms with Crippen molar-refractivity contribution in [2.45, 2.75) is 39.8 Å². The second-order valence-corrected chi connectivity index (χ2v) is 9.30. The number of anilines is 1. The van der Waals surface area contributed by atoms with Gasteiger partial charge in [0.25, 0.3) is 5.91 Å². The van der Waals surface area contributed by atoms with Gasteiger partial charge >= 0.3 is 6.09 Å². The van der Waals surface area contributed by atoms with Crippen LogP contribution in [0.25, 0.3) is 22.6 Å². The summed E-state index contributed by atoms with van der Waals surface area (Å²) in [7, 11) is 0. The quantitative estimate of drug-likeness (QED) is 0.522. The summed E-state index contributed by atoms with van der Waals surface area (Å²) < 4.78 is 11.9. The fourth-order valence-electron chi connectivity index (χ4n) is 4.06. The van der Waals surface area contributed by atoms with Crippen LogP contribution >= 0.6 is 0 Å². The lowest BCUT2D eigenvalue weighted by molar-refractivity contribution is 0.0513. The third-order valence-corrected chi connectivity index (χ3v) is 5.68. The number of hydrogen-bond donors (Lipinski definition) is 2. The van der Waals surface area contributed by atoms with Crippen LogP contribution in [0.3, 0.4) is 0 Å². The standard InChI is InChI=1S/C22H31N9O4/c1-5-31-17-14(12-24-13-15(17)26-19(31)16-18(23)28-35-27-16)20(32)30-10-8-29(9-11-30)7-6-25-21(33)34-22(2,3)4/h12-13H,5-11H2,1-4H3,(H2,23,28)(H,25,33). The van der Waals surface area contributed by atoms with Crippen LogP contribution in [0.1, 0.15) is 38.1 Å². The first-order valence-corrected chi connectivity index (χ1v) is 11.6. The van der Waals surface area contributed by atoms with Crippen LogP contribution in [-0.2, 0) is 11.3 Å². The normalized spacial score (nSPS) is 14.9. The number of pyridine rings is 1. The Morgan fingerprint density at radius 2 is 1.91 bits per heavy atom. The Hall–Kier alpha value is -3.74. The van der Waals surface area contributed by atoms with Crippen LogP contribution in [0.2, 0.25) is 0 Å². The van der Waals surface area contributed by atoms with Gasteiger partial charge in [-0.25, -0.2) is 14.4 Å². The zero-order chi connectivity index (χ0) is 25.2. The Bertz CT molecular complexity index is 1210. The molecule has 1 aliphatic rings. The number of carbonyl (C=O) groups excluding carboxylic acids is 2. The van der Waals surface area contributed by atoms with Gasteiger partial charge in [-0.2, -0.15) is 0 Å². The van der Waals surface area contributed by atoms with Crippen molar-refractivity contribution in [1.29, 1.82) is 0 Å². The molecule has 188 valence electrons. The van der Waals surface area contributed by atoms with Crippen molar-refractivity contribution >= 4 is 28.9 Å². The maximum absolute atomic E-state index is 13.5. The predicted octanol–water partition coefficient (Wildman–Crippen LogP) is 1.37. The molecule has 0 atom stereocenters. The molecule has 2 amide bonds. The minimum Gasteiger partial charge on any atom is -0.444 e. The highest BCUT2D eigenvalue weighted by atomic mass is 16.6. The molecular weight excluding hydrogens is 454 g/mol. The molecule has 0 unspecified atom stereocenters. The second kappa shape index (κ2) is 9.86. The van der Waals surface area contributed by atoms with Crippen molar-refractivity contribution in [2.75, 3.05) is 45.0 Å². The molecule has 4 heterocycles. The van der Waals surface area contributed by atoms with Crippen LogP contribution in [0.4, 0.5) is 10.6 Å². The van der Waals surface area contributed by atoms with E-state index in [0.29, 0.717) is 73.9 Å². The number of carbonyl (C=O) groups is 2. The summed E-state index contributed by atoms with van der Waals surface area (Å²) in [4.78, 5) is 38.1. The molecule has 0 saturated carbocycles. The van der Waals surface area contributed by atoms with E-state index >= 15 is 0 Å². The van der Waals surface area contributed by atoms with Gasteiger partial charge in [0.1, 0.15) is 11.1 Å². The van der Waals surface area contributed by atoms with Crippen molar-refractivity contribution in [3.05, 3.63) is 18.0 Å². The monoisotopic (exact) mass is 485 g/mol. The number of nitrogen functional groups attached to an aromatic ring is 1. The summed E-state index contributed by atoms with van der Waals surface area (Å²) in [6.07, 6.45) is 2.76. The number of nitrogens with zero attached hydrogens (tertiary/aromatic N) is 7. The van der Waals surface area contributed by atoms with Gasteiger partial charge in [-0.05, 0) is 38.0 Å². The Morgan fingerprint density at radius 1 is 1.17 bits per heavy atom. The highest BCUT2D eigenvalue weighted by Crippen LogP contribution is 2.28. The minimum absolute atomic E-state index is 0.109. The number of nitrogens with two attached hydrogens (primary N) is 1. The Morgan fingerprint density at radius 3 is 2.54 bits per heavy atom. The van der Waals surface area contributed by atoms with Crippen molar-refractivity contribution in [3.63, 3.8) is 0 Å². The number of fused-ring (bicyclic) bond motifs is 1. The SMILES string of the molecule is CCn1c(-c2nonc2N)nc2cncc(C(=O)N3CCN(CCNC(=O)OC(C)(C)C)CC3)c21. The van der Waals surface area contributed by atoms with Crippen molar-refractivity contribution in [2.24, 2.45) is 0 Å². The van der Waals surface area contributed by atoms with Gasteiger partial charge < -0.3 is 25.3 Å². The summed E-state index contributed by atoms with van der Waals surface area (Å²) in [5.74, 6) is 0.501. The first-order valence-electron chi connectivity index (χ1n) is 11.6. The number of imidazole rings is 1. The number of aryl methyl sites for hydroxylation is 1. The molecule has 0 radical (unpaired) electrons. The molecule has 3 aromatic heterocycles. The first kappa shape index (κ1) is 24.4. The lowest BCUT2D eigenvalue weighted by Crippen LogP contribution is -2.50. The molecule has 3 N–H and O–H groups in total. The lowest BCUT2D eigenvalue weighted by Gasteiger charge is -2.34. The summed E-state index contributed by atoms with van der Waals surface area (Å²) >= 11 is 0. The number of rotatable bonds is 6. The highest BCUT2D eigenvalue weighted by Gasteiger charge is 2.27. The van der Waals surface area contributed by atoms with Crippen molar-refractivity contribution in [1.82, 2.24) is 40.0 Å². The molecule has 35 heavy (non-hydrogen) atoms. The number of ether oxygens (including phenoxy) is 1. The Kier molecular flexibility index (Phi) is 6.87. The zero-order valence-electron chi connectivity index (χ0n) is 20.4. The van der Waals surface area contributed by atoms with Gasteiger partial charge in [-0.3, -0.25) is 14.7 Å². The Balaban J connectivity index is 1.42. The van der Waals surface area contributed by atoms with E-state index in [2.05, 4.69) is 30.5 Å². The average molecular weight is 486 g/mol. The van der Waals surface area contributed by atoms with Gasteiger partial charge in [-0.1, -0.05) is 0 Å². The highest BCUT2D eigenvalue weighted by molar-refractivity contribution is 6.05. The van der Waals surface area contributed by atoms with E-state index in [1.54, 1.807) is 12.4 Å². The van der Waals surface area contributed by atoms with E-state index in [1.807, 2.05) is 37.2 Å². The number of aromatic nitrogens is 5. The number of piperazine rings is 1. The molecule has 1 saturated heterocycles. The van der Waals surface area contributed by atoms with E-state index in [4.69, 9.17) is 15.1 Å². The molecule has 13 heteroatoms. The van der Waals surface area contributed by atoms with Crippen LogP contribution in [0, 0.1) is 0 Å². The predicted molar refractivity (Wildman–Crippen MR) is 127 cm³/mol. The lowest BCUT2D eigenvalue weighted by atomic mass is 10.2. The van der Waals surface area contributed by atoms with Crippen molar-refractivity contribution < 1.29 is 19.0 Å². The largest absolute Gasteiger partial charge is 0.444 e. The maximum atomic E-state index is 13.5. The van der Waals surface area contributed by atoms with Gasteiger partial charge in [0, 0.05) is 52.0 Å². The van der Waals surface area contributed by atoms with Crippen LogP contribution in [0.15, 0.2) is 17.0 Å². The molecule has 0 aliphatic carbocycles. The zero-order valence-corrected chi connectivity index (χ0v) is 20.4. The third-order valence-electron chi connectivity index (χ3n) is 5.68. The molecular formula is C22H31N9O4. The Labute approximate surface area is 202 Å². The summed E-state index contributed by atoms with van der Waals surface area (Å²) in [5.41, 5.74) is 7.40.